The maximum Gasteiger partial charge on any atom is 0.0619 e. The molecule has 0 aliphatic carbocycles. The molecule has 13 rings (SSSR count). The summed E-state index contributed by atoms with van der Waals surface area (Å²) in [5.41, 5.74) is 19.7. The second-order valence-electron chi connectivity index (χ2n) is 17.6. The molecule has 324 valence electrons. The van der Waals surface area contributed by atoms with Gasteiger partial charge in [-0.05, 0) is 106 Å². The predicted octanol–water partition coefficient (Wildman–Crippen LogP) is 18.0. The molecule has 3 nitrogen and oxygen atoms in total. The second kappa shape index (κ2) is 16.9. The van der Waals surface area contributed by atoms with Gasteiger partial charge in [0.05, 0.1) is 27.8 Å². The first kappa shape index (κ1) is 40.1. The van der Waals surface area contributed by atoms with Gasteiger partial charge in [-0.1, -0.05) is 200 Å². The summed E-state index contributed by atoms with van der Waals surface area (Å²) in [5.74, 6) is 0. The molecule has 0 spiro atoms. The van der Waals surface area contributed by atoms with Crippen LogP contribution in [0.5, 0.6) is 0 Å². The molecule has 69 heavy (non-hydrogen) atoms. The van der Waals surface area contributed by atoms with E-state index in [1.54, 1.807) is 0 Å². The highest BCUT2D eigenvalue weighted by Gasteiger charge is 2.23. The summed E-state index contributed by atoms with van der Waals surface area (Å²) in [4.78, 5) is 2.45. The highest BCUT2D eigenvalue weighted by Crippen LogP contribution is 2.47. The summed E-state index contributed by atoms with van der Waals surface area (Å²) >= 11 is 0. The SMILES string of the molecule is c1ccc(-c2ccccc2-c2ccccc2-c2ccccc2N(c2ccc(-c3cccc4c5ccccc5n(-c5ccccc5)c34)cc2)c2ccc3c(c2)c2ccccc2n3-c2ccccc2)cc1. The number of hydrogen-bond acceptors (Lipinski definition) is 1. The van der Waals surface area contributed by atoms with Crippen LogP contribution in [0.15, 0.2) is 273 Å². The third-order valence-corrected chi connectivity index (χ3v) is 13.7. The Morgan fingerprint density at radius 1 is 0.246 bits per heavy atom. The van der Waals surface area contributed by atoms with Crippen LogP contribution < -0.4 is 4.90 Å². The maximum absolute atomic E-state index is 2.45. The van der Waals surface area contributed by atoms with E-state index in [2.05, 4.69) is 287 Å². The molecule has 2 aromatic heterocycles. The Balaban J connectivity index is 1.02. The molecule has 0 radical (unpaired) electrons. The minimum absolute atomic E-state index is 1.07. The van der Waals surface area contributed by atoms with Crippen LogP contribution in [0.25, 0.3) is 99.5 Å². The normalized spacial score (nSPS) is 11.5. The lowest BCUT2D eigenvalue weighted by Gasteiger charge is -2.29. The van der Waals surface area contributed by atoms with Crippen LogP contribution in [0.1, 0.15) is 0 Å². The van der Waals surface area contributed by atoms with Crippen LogP contribution in [-0.2, 0) is 0 Å². The van der Waals surface area contributed by atoms with Gasteiger partial charge in [-0.3, -0.25) is 0 Å². The Bertz CT molecular complexity index is 4000. The first-order valence-electron chi connectivity index (χ1n) is 23.7. The topological polar surface area (TPSA) is 13.1 Å². The molecule has 0 N–H and O–H groups in total. The zero-order valence-corrected chi connectivity index (χ0v) is 37.8. The molecular weight excluding hydrogens is 835 g/mol. The fourth-order valence-corrected chi connectivity index (χ4v) is 10.7. The zero-order chi connectivity index (χ0) is 45.7. The molecule has 0 saturated carbocycles. The van der Waals surface area contributed by atoms with Crippen LogP contribution >= 0.6 is 0 Å². The predicted molar refractivity (Wildman–Crippen MR) is 292 cm³/mol. The minimum atomic E-state index is 1.07. The van der Waals surface area contributed by atoms with Gasteiger partial charge >= 0.3 is 0 Å². The molecule has 0 fully saturated rings. The Morgan fingerprint density at radius 2 is 0.681 bits per heavy atom. The molecule has 0 amide bonds. The third kappa shape index (κ3) is 6.82. The highest BCUT2D eigenvalue weighted by molar-refractivity contribution is 6.14. The van der Waals surface area contributed by atoms with E-state index in [-0.39, 0.29) is 0 Å². The fourth-order valence-electron chi connectivity index (χ4n) is 10.7. The van der Waals surface area contributed by atoms with Crippen LogP contribution in [0, 0.1) is 0 Å². The Hall–Kier alpha value is -9.18. The summed E-state index contributed by atoms with van der Waals surface area (Å²) in [6.07, 6.45) is 0. The van der Waals surface area contributed by atoms with Gasteiger partial charge in [-0.25, -0.2) is 0 Å². The van der Waals surface area contributed by atoms with Crippen molar-refractivity contribution in [2.75, 3.05) is 4.90 Å². The number of rotatable bonds is 9. The largest absolute Gasteiger partial charge is 0.310 e. The van der Waals surface area contributed by atoms with Gasteiger partial charge in [0.1, 0.15) is 0 Å². The van der Waals surface area contributed by atoms with Crippen molar-refractivity contribution < 1.29 is 0 Å². The van der Waals surface area contributed by atoms with Crippen molar-refractivity contribution in [3.63, 3.8) is 0 Å². The Morgan fingerprint density at radius 3 is 1.36 bits per heavy atom. The van der Waals surface area contributed by atoms with Gasteiger partial charge in [-0.2, -0.15) is 0 Å². The molecule has 11 aromatic carbocycles. The molecule has 0 bridgehead atoms. The fraction of sp³-hybridized carbons (Fsp3) is 0. The number of anilines is 3. The van der Waals surface area contributed by atoms with E-state index in [0.717, 1.165) is 39.6 Å². The second-order valence-corrected chi connectivity index (χ2v) is 17.6. The third-order valence-electron chi connectivity index (χ3n) is 13.7. The van der Waals surface area contributed by atoms with E-state index in [1.165, 1.54) is 77.0 Å². The molecule has 0 atom stereocenters. The van der Waals surface area contributed by atoms with Gasteiger partial charge in [0, 0.05) is 55.4 Å². The molecule has 0 aliphatic heterocycles. The standard InChI is InChI=1S/C66H45N3/c1-4-21-46(22-5-1)52-27-10-11-28-54(52)55-29-12-13-30-56(55)57-31-14-17-36-62(57)67(51-43-44-65-61(45-51)59-33-16-18-37-63(59)68(65)48-23-6-2-7-24-48)50-41-39-47(40-42-50)53-34-20-35-60-58-32-15-19-38-64(58)69(66(53)60)49-25-8-3-9-26-49/h1-45H. The van der Waals surface area contributed by atoms with Gasteiger partial charge in [0.15, 0.2) is 0 Å². The number of para-hydroxylation sites is 6. The molecule has 0 aliphatic rings. The first-order valence-corrected chi connectivity index (χ1v) is 23.7. The number of benzene rings is 11. The van der Waals surface area contributed by atoms with Gasteiger partial charge in [0.2, 0.25) is 0 Å². The van der Waals surface area contributed by atoms with Crippen molar-refractivity contribution in [3.05, 3.63) is 273 Å². The lowest BCUT2D eigenvalue weighted by Crippen LogP contribution is -2.11. The molecule has 0 saturated heterocycles. The average molecular weight is 880 g/mol. The monoisotopic (exact) mass is 879 g/mol. The van der Waals surface area contributed by atoms with Gasteiger partial charge in [-0.15, -0.1) is 0 Å². The maximum atomic E-state index is 2.45. The van der Waals surface area contributed by atoms with Crippen molar-refractivity contribution in [2.24, 2.45) is 0 Å². The van der Waals surface area contributed by atoms with Crippen molar-refractivity contribution in [3.8, 4) is 55.9 Å². The van der Waals surface area contributed by atoms with Crippen LogP contribution in [0.3, 0.4) is 0 Å². The molecule has 3 heteroatoms. The molecule has 0 unspecified atom stereocenters. The average Bonchev–Trinajstić information content (AvgIpc) is 3.95. The molecule has 2 heterocycles. The van der Waals surface area contributed by atoms with Gasteiger partial charge in [0.25, 0.3) is 0 Å². The van der Waals surface area contributed by atoms with E-state index in [1.807, 2.05) is 0 Å². The zero-order valence-electron chi connectivity index (χ0n) is 37.8. The Kier molecular flexibility index (Phi) is 9.84. The van der Waals surface area contributed by atoms with Gasteiger partial charge < -0.3 is 14.0 Å². The lowest BCUT2D eigenvalue weighted by molar-refractivity contribution is 1.18. The quantitative estimate of drug-likeness (QED) is 0.141. The summed E-state index contributed by atoms with van der Waals surface area (Å²) in [5, 5.41) is 4.89. The van der Waals surface area contributed by atoms with E-state index in [4.69, 9.17) is 0 Å². The van der Waals surface area contributed by atoms with Crippen molar-refractivity contribution in [1.82, 2.24) is 9.13 Å². The summed E-state index contributed by atoms with van der Waals surface area (Å²) in [7, 11) is 0. The van der Waals surface area contributed by atoms with Crippen LogP contribution in [0.4, 0.5) is 17.1 Å². The number of nitrogens with zero attached hydrogens (tertiary/aromatic N) is 3. The van der Waals surface area contributed by atoms with E-state index in [9.17, 15) is 0 Å². The van der Waals surface area contributed by atoms with Crippen LogP contribution in [-0.4, -0.2) is 9.13 Å². The number of fused-ring (bicyclic) bond motifs is 6. The molecule has 13 aromatic rings. The van der Waals surface area contributed by atoms with E-state index in [0.29, 0.717) is 0 Å². The smallest absolute Gasteiger partial charge is 0.0619 e. The lowest BCUT2D eigenvalue weighted by atomic mass is 9.88. The first-order chi connectivity index (χ1) is 34.3. The van der Waals surface area contributed by atoms with Crippen molar-refractivity contribution in [1.29, 1.82) is 0 Å². The van der Waals surface area contributed by atoms with E-state index >= 15 is 0 Å². The minimum Gasteiger partial charge on any atom is -0.310 e. The Labute approximate surface area is 401 Å². The summed E-state index contributed by atoms with van der Waals surface area (Å²) in [6.45, 7) is 0. The highest BCUT2D eigenvalue weighted by atomic mass is 15.1. The molecular formula is C66H45N3. The summed E-state index contributed by atoms with van der Waals surface area (Å²) in [6, 6.07) is 99.2. The van der Waals surface area contributed by atoms with Crippen molar-refractivity contribution >= 4 is 60.7 Å². The van der Waals surface area contributed by atoms with Crippen molar-refractivity contribution in [2.45, 2.75) is 0 Å². The van der Waals surface area contributed by atoms with Crippen LogP contribution in [0.2, 0.25) is 0 Å². The van der Waals surface area contributed by atoms with E-state index < -0.39 is 0 Å². The number of aromatic nitrogens is 2. The summed E-state index contributed by atoms with van der Waals surface area (Å²) < 4.78 is 4.81. The number of hydrogen-bond donors (Lipinski definition) is 0.